The summed E-state index contributed by atoms with van der Waals surface area (Å²) in [5.74, 6) is -0.690. The van der Waals surface area contributed by atoms with Crippen LogP contribution in [-0.2, 0) is 4.79 Å². The highest BCUT2D eigenvalue weighted by Gasteiger charge is 2.15. The van der Waals surface area contributed by atoms with E-state index in [1.54, 1.807) is 6.92 Å². The number of carbonyl (C=O) groups is 2. The Hall–Kier alpha value is -2.05. The van der Waals surface area contributed by atoms with Crippen molar-refractivity contribution in [3.8, 4) is 0 Å². The van der Waals surface area contributed by atoms with Crippen molar-refractivity contribution in [3.63, 3.8) is 0 Å². The van der Waals surface area contributed by atoms with E-state index >= 15 is 0 Å². The highest BCUT2D eigenvalue weighted by atomic mass is 16.2. The number of hydrogen-bond acceptors (Lipinski definition) is 4. The zero-order valence-corrected chi connectivity index (χ0v) is 9.96. The Labute approximate surface area is 99.1 Å². The minimum atomic E-state index is -0.460. The van der Waals surface area contributed by atoms with Crippen molar-refractivity contribution in [2.75, 3.05) is 18.8 Å². The summed E-state index contributed by atoms with van der Waals surface area (Å²) in [6.07, 6.45) is 0.852. The fourth-order valence-corrected chi connectivity index (χ4v) is 1.18. The van der Waals surface area contributed by atoms with Gasteiger partial charge in [-0.25, -0.2) is 0 Å². The average molecular weight is 239 g/mol. The Morgan fingerprint density at radius 3 is 2.65 bits per heavy atom. The Bertz CT molecular complexity index is 413. The van der Waals surface area contributed by atoms with Gasteiger partial charge in [-0.3, -0.25) is 14.7 Å². The van der Waals surface area contributed by atoms with Crippen LogP contribution in [0.2, 0.25) is 0 Å². The van der Waals surface area contributed by atoms with E-state index in [1.807, 2.05) is 6.92 Å². The van der Waals surface area contributed by atoms with Gasteiger partial charge in [0.1, 0.15) is 0 Å². The van der Waals surface area contributed by atoms with Crippen molar-refractivity contribution in [3.05, 3.63) is 11.4 Å². The zero-order valence-electron chi connectivity index (χ0n) is 9.96. The average Bonchev–Trinajstić information content (AvgIpc) is 2.64. The van der Waals surface area contributed by atoms with Gasteiger partial charge in [0.25, 0.3) is 5.91 Å². The van der Waals surface area contributed by atoms with Gasteiger partial charge in [0.2, 0.25) is 5.91 Å². The van der Waals surface area contributed by atoms with E-state index in [-0.39, 0.29) is 18.1 Å². The lowest BCUT2D eigenvalue weighted by Gasteiger charge is -2.04. The number of nitrogens with zero attached hydrogens (tertiary/aromatic N) is 1. The molecule has 7 heteroatoms. The van der Waals surface area contributed by atoms with Crippen molar-refractivity contribution in [2.24, 2.45) is 0 Å². The summed E-state index contributed by atoms with van der Waals surface area (Å²) >= 11 is 0. The number of H-pyrrole nitrogens is 1. The lowest BCUT2D eigenvalue weighted by molar-refractivity contribution is -0.120. The van der Waals surface area contributed by atoms with Gasteiger partial charge < -0.3 is 16.4 Å². The molecule has 0 radical (unpaired) electrons. The van der Waals surface area contributed by atoms with Gasteiger partial charge in [-0.05, 0) is 13.3 Å². The van der Waals surface area contributed by atoms with Crippen molar-refractivity contribution in [1.82, 2.24) is 20.8 Å². The smallest absolute Gasteiger partial charge is 0.274 e. The molecule has 0 fully saturated rings. The Morgan fingerprint density at radius 2 is 2.12 bits per heavy atom. The molecule has 0 aliphatic heterocycles. The molecule has 0 saturated carbocycles. The molecule has 1 aromatic heterocycles. The predicted molar refractivity (Wildman–Crippen MR) is 63.4 cm³/mol. The summed E-state index contributed by atoms with van der Waals surface area (Å²) in [5.41, 5.74) is 6.68. The van der Waals surface area contributed by atoms with E-state index < -0.39 is 5.91 Å². The SMILES string of the molecule is CCCNC(=O)CNC(=O)c1n[nH]c(C)c1N. The number of hydrogen-bond donors (Lipinski definition) is 4. The van der Waals surface area contributed by atoms with Gasteiger partial charge in [0.15, 0.2) is 5.69 Å². The molecule has 17 heavy (non-hydrogen) atoms. The summed E-state index contributed by atoms with van der Waals surface area (Å²) in [6.45, 7) is 4.18. The molecule has 0 saturated heterocycles. The molecule has 0 aliphatic carbocycles. The number of rotatable bonds is 5. The van der Waals surface area contributed by atoms with Crippen LogP contribution in [0.15, 0.2) is 0 Å². The summed E-state index contributed by atoms with van der Waals surface area (Å²) in [5, 5.41) is 11.5. The minimum absolute atomic E-state index is 0.0792. The second kappa shape index (κ2) is 5.88. The van der Waals surface area contributed by atoms with Crippen molar-refractivity contribution in [1.29, 1.82) is 0 Å². The second-order valence-corrected chi connectivity index (χ2v) is 3.64. The second-order valence-electron chi connectivity index (χ2n) is 3.64. The molecule has 0 bridgehead atoms. The first-order valence-corrected chi connectivity index (χ1v) is 5.41. The number of anilines is 1. The van der Waals surface area contributed by atoms with Crippen molar-refractivity contribution < 1.29 is 9.59 Å². The molecule has 0 atom stereocenters. The third kappa shape index (κ3) is 3.47. The highest BCUT2D eigenvalue weighted by Crippen LogP contribution is 2.11. The molecule has 94 valence electrons. The van der Waals surface area contributed by atoms with E-state index in [2.05, 4.69) is 20.8 Å². The van der Waals surface area contributed by atoms with Crippen molar-refractivity contribution >= 4 is 17.5 Å². The largest absolute Gasteiger partial charge is 0.395 e. The number of aromatic nitrogens is 2. The van der Waals surface area contributed by atoms with Crippen LogP contribution in [0.25, 0.3) is 0 Å². The van der Waals surface area contributed by atoms with Crippen LogP contribution >= 0.6 is 0 Å². The van der Waals surface area contributed by atoms with Gasteiger partial charge in [-0.15, -0.1) is 0 Å². The third-order valence-corrected chi connectivity index (χ3v) is 2.19. The van der Waals surface area contributed by atoms with E-state index in [4.69, 9.17) is 5.73 Å². The highest BCUT2D eigenvalue weighted by molar-refractivity contribution is 5.99. The number of nitrogen functional groups attached to an aromatic ring is 1. The molecule has 0 aliphatic rings. The standard InChI is InChI=1S/C10H17N5O2/c1-3-4-12-7(16)5-13-10(17)9-8(11)6(2)14-15-9/h3-5,11H2,1-2H3,(H,12,16)(H,13,17)(H,14,15). The quantitative estimate of drug-likeness (QED) is 0.557. The Kier molecular flexibility index (Phi) is 4.50. The number of amides is 2. The maximum Gasteiger partial charge on any atom is 0.274 e. The third-order valence-electron chi connectivity index (χ3n) is 2.19. The lowest BCUT2D eigenvalue weighted by atomic mass is 10.3. The molecule has 0 spiro atoms. The predicted octanol–water partition coefficient (Wildman–Crippen LogP) is -0.444. The van der Waals surface area contributed by atoms with Gasteiger partial charge in [-0.2, -0.15) is 5.10 Å². The van der Waals surface area contributed by atoms with E-state index in [9.17, 15) is 9.59 Å². The van der Waals surface area contributed by atoms with Crippen LogP contribution in [0.4, 0.5) is 5.69 Å². The van der Waals surface area contributed by atoms with Crippen molar-refractivity contribution in [2.45, 2.75) is 20.3 Å². The minimum Gasteiger partial charge on any atom is -0.395 e. The molecule has 0 aromatic carbocycles. The Balaban J connectivity index is 2.45. The zero-order chi connectivity index (χ0) is 12.8. The fraction of sp³-hybridized carbons (Fsp3) is 0.500. The van der Waals surface area contributed by atoms with E-state index in [0.29, 0.717) is 17.9 Å². The molecule has 1 heterocycles. The van der Waals surface area contributed by atoms with Crippen LogP contribution in [-0.4, -0.2) is 35.1 Å². The van der Waals surface area contributed by atoms with E-state index in [0.717, 1.165) is 6.42 Å². The molecule has 7 nitrogen and oxygen atoms in total. The normalized spacial score (nSPS) is 10.0. The first-order chi connectivity index (χ1) is 8.06. The Morgan fingerprint density at radius 1 is 1.41 bits per heavy atom. The summed E-state index contributed by atoms with van der Waals surface area (Å²) in [7, 11) is 0. The van der Waals surface area contributed by atoms with Crippen LogP contribution in [0.1, 0.15) is 29.5 Å². The van der Waals surface area contributed by atoms with Crippen LogP contribution in [0.3, 0.4) is 0 Å². The molecule has 5 N–H and O–H groups in total. The van der Waals surface area contributed by atoms with E-state index in [1.165, 1.54) is 0 Å². The maximum atomic E-state index is 11.6. The number of nitrogens with one attached hydrogen (secondary N) is 3. The first kappa shape index (κ1) is 13.0. The number of aromatic amines is 1. The monoisotopic (exact) mass is 239 g/mol. The fourth-order valence-electron chi connectivity index (χ4n) is 1.18. The number of aryl methyl sites for hydroxylation is 1. The van der Waals surface area contributed by atoms with Gasteiger partial charge >= 0.3 is 0 Å². The topological polar surface area (TPSA) is 113 Å². The molecule has 0 unspecified atom stereocenters. The summed E-state index contributed by atoms with van der Waals surface area (Å²) < 4.78 is 0. The number of carbonyl (C=O) groups excluding carboxylic acids is 2. The van der Waals surface area contributed by atoms with Gasteiger partial charge in [0.05, 0.1) is 17.9 Å². The van der Waals surface area contributed by atoms with Gasteiger partial charge in [-0.1, -0.05) is 6.92 Å². The first-order valence-electron chi connectivity index (χ1n) is 5.41. The molecule has 2 amide bonds. The molecule has 1 aromatic rings. The number of nitrogens with two attached hydrogens (primary N) is 1. The molecular weight excluding hydrogens is 222 g/mol. The maximum absolute atomic E-state index is 11.6. The van der Waals surface area contributed by atoms with Crippen LogP contribution in [0, 0.1) is 6.92 Å². The van der Waals surface area contributed by atoms with Crippen LogP contribution < -0.4 is 16.4 Å². The summed E-state index contributed by atoms with van der Waals surface area (Å²) in [6, 6.07) is 0. The van der Waals surface area contributed by atoms with Gasteiger partial charge in [0, 0.05) is 6.54 Å². The van der Waals surface area contributed by atoms with Crippen LogP contribution in [0.5, 0.6) is 0 Å². The molecule has 1 rings (SSSR count). The molecular formula is C10H17N5O2. The lowest BCUT2D eigenvalue weighted by Crippen LogP contribution is -2.37. The summed E-state index contributed by atoms with van der Waals surface area (Å²) in [4.78, 5) is 22.8.